The molecule has 1 aliphatic carbocycles. The van der Waals surface area contributed by atoms with E-state index in [-0.39, 0.29) is 26.4 Å². The average molecular weight is 713 g/mol. The molecule has 0 saturated carbocycles. The van der Waals surface area contributed by atoms with Gasteiger partial charge in [-0.3, -0.25) is 0 Å². The van der Waals surface area contributed by atoms with Crippen LogP contribution in [0.4, 0.5) is 0 Å². The van der Waals surface area contributed by atoms with Crippen LogP contribution in [0.15, 0.2) is 98.1 Å². The van der Waals surface area contributed by atoms with Gasteiger partial charge in [-0.1, -0.05) is 61.7 Å². The quantitative estimate of drug-likeness (QED) is 0.0630. The topological polar surface area (TPSA) is 89.5 Å². The van der Waals surface area contributed by atoms with Crippen LogP contribution in [-0.2, 0) is 24.5 Å². The van der Waals surface area contributed by atoms with Gasteiger partial charge in [-0.05, 0) is 118 Å². The van der Waals surface area contributed by atoms with Gasteiger partial charge in [0.25, 0.3) is 0 Å². The molecular formula is C45H44O8. The zero-order valence-electron chi connectivity index (χ0n) is 31.1. The minimum atomic E-state index is -0.810. The van der Waals surface area contributed by atoms with Gasteiger partial charge in [0.05, 0.1) is 19.6 Å². The van der Waals surface area contributed by atoms with E-state index in [9.17, 15) is 9.59 Å². The SMILES string of the molecule is C=CC(=O)OCCOc1c(C)cc(C2(c3cc(C)c(OCCOC(=O)C=C)c(C)c3)c3cc(OC)c(OC)cc3-c3cc4ccccc4cc32)cc1C. The maximum Gasteiger partial charge on any atom is 0.330 e. The van der Waals surface area contributed by atoms with Crippen LogP contribution in [0.5, 0.6) is 23.0 Å². The lowest BCUT2D eigenvalue weighted by atomic mass is 9.66. The molecule has 272 valence electrons. The van der Waals surface area contributed by atoms with Crippen molar-refractivity contribution in [2.24, 2.45) is 0 Å². The Morgan fingerprint density at radius 1 is 0.585 bits per heavy atom. The minimum Gasteiger partial charge on any atom is -0.493 e. The van der Waals surface area contributed by atoms with Crippen molar-refractivity contribution in [2.45, 2.75) is 33.1 Å². The monoisotopic (exact) mass is 712 g/mol. The van der Waals surface area contributed by atoms with Crippen molar-refractivity contribution < 1.29 is 38.0 Å². The molecule has 0 atom stereocenters. The largest absolute Gasteiger partial charge is 0.493 e. The van der Waals surface area contributed by atoms with Crippen LogP contribution in [0.2, 0.25) is 0 Å². The van der Waals surface area contributed by atoms with Crippen molar-refractivity contribution in [3.05, 3.63) is 143 Å². The molecule has 0 bridgehead atoms. The molecule has 8 nitrogen and oxygen atoms in total. The summed E-state index contributed by atoms with van der Waals surface area (Å²) in [6.45, 7) is 15.7. The number of rotatable bonds is 14. The van der Waals surface area contributed by atoms with Crippen molar-refractivity contribution in [3.8, 4) is 34.1 Å². The van der Waals surface area contributed by atoms with Crippen LogP contribution in [0.3, 0.4) is 0 Å². The molecule has 0 amide bonds. The molecule has 8 heteroatoms. The van der Waals surface area contributed by atoms with E-state index >= 15 is 0 Å². The summed E-state index contributed by atoms with van der Waals surface area (Å²) in [5, 5.41) is 2.25. The van der Waals surface area contributed by atoms with Crippen LogP contribution in [0.1, 0.15) is 44.5 Å². The molecule has 0 fully saturated rings. The number of fused-ring (bicyclic) bond motifs is 4. The second kappa shape index (κ2) is 15.3. The summed E-state index contributed by atoms with van der Waals surface area (Å²) in [5.74, 6) is 1.75. The molecule has 0 N–H and O–H groups in total. The Kier molecular flexibility index (Phi) is 10.6. The Morgan fingerprint density at radius 3 is 1.45 bits per heavy atom. The minimum absolute atomic E-state index is 0.106. The zero-order chi connectivity index (χ0) is 37.9. The van der Waals surface area contributed by atoms with Crippen LogP contribution in [0.25, 0.3) is 21.9 Å². The Bertz CT molecular complexity index is 2120. The molecule has 0 aromatic heterocycles. The van der Waals surface area contributed by atoms with Gasteiger partial charge in [0.15, 0.2) is 11.5 Å². The van der Waals surface area contributed by atoms with Crippen LogP contribution in [-0.4, -0.2) is 52.6 Å². The summed E-state index contributed by atoms with van der Waals surface area (Å²) < 4.78 is 34.5. The maximum absolute atomic E-state index is 11.6. The second-order valence-corrected chi connectivity index (χ2v) is 13.1. The Morgan fingerprint density at radius 2 is 1.00 bits per heavy atom. The van der Waals surface area contributed by atoms with Gasteiger partial charge < -0.3 is 28.4 Å². The molecular weight excluding hydrogens is 668 g/mol. The van der Waals surface area contributed by atoms with Crippen molar-refractivity contribution in [1.29, 1.82) is 0 Å². The van der Waals surface area contributed by atoms with Crippen LogP contribution >= 0.6 is 0 Å². The number of ether oxygens (including phenoxy) is 6. The third-order valence-electron chi connectivity index (χ3n) is 9.78. The van der Waals surface area contributed by atoms with E-state index in [0.29, 0.717) is 11.5 Å². The Balaban J connectivity index is 1.60. The first-order valence-electron chi connectivity index (χ1n) is 17.4. The van der Waals surface area contributed by atoms with Gasteiger partial charge in [-0.2, -0.15) is 0 Å². The summed E-state index contributed by atoms with van der Waals surface area (Å²) in [6.07, 6.45) is 2.28. The lowest BCUT2D eigenvalue weighted by Crippen LogP contribution is -2.29. The number of aryl methyl sites for hydroxylation is 4. The molecule has 0 aliphatic heterocycles. The molecule has 0 unspecified atom stereocenters. The van der Waals surface area contributed by atoms with Crippen molar-refractivity contribution in [2.75, 3.05) is 40.6 Å². The molecule has 0 saturated heterocycles. The maximum atomic E-state index is 11.6. The van der Waals surface area contributed by atoms with E-state index < -0.39 is 17.4 Å². The van der Waals surface area contributed by atoms with E-state index in [2.05, 4.69) is 86.0 Å². The summed E-state index contributed by atoms with van der Waals surface area (Å²) in [6, 6.07) is 25.9. The first-order valence-corrected chi connectivity index (χ1v) is 17.4. The molecule has 6 rings (SSSR count). The number of hydrogen-bond acceptors (Lipinski definition) is 8. The average Bonchev–Trinajstić information content (AvgIpc) is 3.43. The van der Waals surface area contributed by atoms with Crippen LogP contribution in [0, 0.1) is 27.7 Å². The standard InChI is InChI=1S/C45H44O8/c1-9-41(46)50-15-17-52-43-27(3)19-33(20-28(43)4)45(34-21-29(5)44(30(6)22-34)53-18-16-51-42(47)10-2)37-24-32-14-12-11-13-31(32)23-35(37)36-25-39(48-7)40(49-8)26-38(36)45/h9-14,19-26H,1-2,15-18H2,3-8H3. The molecule has 0 heterocycles. The van der Waals surface area contributed by atoms with E-state index in [1.807, 2.05) is 27.7 Å². The fraction of sp³-hybridized carbons (Fsp3) is 0.244. The van der Waals surface area contributed by atoms with E-state index in [1.54, 1.807) is 14.2 Å². The van der Waals surface area contributed by atoms with Crippen molar-refractivity contribution in [3.63, 3.8) is 0 Å². The number of methoxy groups -OCH3 is 2. The zero-order valence-corrected chi connectivity index (χ0v) is 31.1. The number of benzene rings is 5. The number of hydrogen-bond donors (Lipinski definition) is 0. The Labute approximate surface area is 310 Å². The fourth-order valence-corrected chi connectivity index (χ4v) is 7.60. The van der Waals surface area contributed by atoms with E-state index in [4.69, 9.17) is 28.4 Å². The highest BCUT2D eigenvalue weighted by Gasteiger charge is 2.48. The van der Waals surface area contributed by atoms with Gasteiger partial charge in [0.1, 0.15) is 37.9 Å². The normalized spacial score (nSPS) is 12.3. The number of esters is 2. The predicted molar refractivity (Wildman–Crippen MR) is 207 cm³/mol. The smallest absolute Gasteiger partial charge is 0.330 e. The van der Waals surface area contributed by atoms with E-state index in [0.717, 1.165) is 90.1 Å². The fourth-order valence-electron chi connectivity index (χ4n) is 7.60. The van der Waals surface area contributed by atoms with Gasteiger partial charge in [-0.25, -0.2) is 9.59 Å². The second-order valence-electron chi connectivity index (χ2n) is 13.1. The molecule has 0 radical (unpaired) electrons. The molecule has 5 aromatic carbocycles. The summed E-state index contributed by atoms with van der Waals surface area (Å²) >= 11 is 0. The number of carbonyl (C=O) groups excluding carboxylic acids is 2. The predicted octanol–water partition coefficient (Wildman–Crippen LogP) is 8.67. The lowest BCUT2D eigenvalue weighted by Gasteiger charge is -2.36. The molecule has 53 heavy (non-hydrogen) atoms. The third kappa shape index (κ3) is 6.73. The molecule has 0 spiro atoms. The van der Waals surface area contributed by atoms with Crippen molar-refractivity contribution in [1.82, 2.24) is 0 Å². The summed E-state index contributed by atoms with van der Waals surface area (Å²) in [7, 11) is 3.31. The lowest BCUT2D eigenvalue weighted by molar-refractivity contribution is -0.139. The van der Waals surface area contributed by atoms with Crippen LogP contribution < -0.4 is 18.9 Å². The van der Waals surface area contributed by atoms with Gasteiger partial charge >= 0.3 is 11.9 Å². The highest BCUT2D eigenvalue weighted by molar-refractivity contribution is 5.96. The van der Waals surface area contributed by atoms with Gasteiger partial charge in [0.2, 0.25) is 0 Å². The Hall–Kier alpha value is -6.02. The number of carbonyl (C=O) groups is 2. The third-order valence-corrected chi connectivity index (χ3v) is 9.78. The highest BCUT2D eigenvalue weighted by Crippen LogP contribution is 2.59. The molecule has 5 aromatic rings. The summed E-state index contributed by atoms with van der Waals surface area (Å²) in [5.41, 5.74) is 9.34. The van der Waals surface area contributed by atoms with Gasteiger partial charge in [0, 0.05) is 12.2 Å². The van der Waals surface area contributed by atoms with Gasteiger partial charge in [-0.15, -0.1) is 0 Å². The van der Waals surface area contributed by atoms with E-state index in [1.165, 1.54) is 0 Å². The molecule has 1 aliphatic rings. The highest BCUT2D eigenvalue weighted by atomic mass is 16.6. The first kappa shape index (κ1) is 36.8. The summed E-state index contributed by atoms with van der Waals surface area (Å²) in [4.78, 5) is 23.2. The first-order chi connectivity index (χ1) is 25.6. The van der Waals surface area contributed by atoms with Crippen molar-refractivity contribution >= 4 is 22.7 Å².